The highest BCUT2D eigenvalue weighted by Crippen LogP contribution is 2.24. The predicted molar refractivity (Wildman–Crippen MR) is 102 cm³/mol. The molecule has 0 aromatic carbocycles. The summed E-state index contributed by atoms with van der Waals surface area (Å²) in [6.45, 7) is 4.57. The summed E-state index contributed by atoms with van der Waals surface area (Å²) < 4.78 is 5.45. The summed E-state index contributed by atoms with van der Waals surface area (Å²) in [7, 11) is 0. The Morgan fingerprint density at radius 3 is 2.81 bits per heavy atom. The molecule has 1 fully saturated rings. The van der Waals surface area contributed by atoms with Gasteiger partial charge in [0.2, 0.25) is 5.91 Å². The van der Waals surface area contributed by atoms with Crippen molar-refractivity contribution < 1.29 is 9.53 Å². The van der Waals surface area contributed by atoms with Gasteiger partial charge in [0, 0.05) is 49.1 Å². The zero-order valence-electron chi connectivity index (χ0n) is 14.6. The normalized spacial score (nSPS) is 18.0. The van der Waals surface area contributed by atoms with E-state index in [0.717, 1.165) is 55.5 Å². The summed E-state index contributed by atoms with van der Waals surface area (Å²) in [5.74, 6) is 1.08. The molecule has 0 bridgehead atoms. The van der Waals surface area contributed by atoms with Gasteiger partial charge in [0.1, 0.15) is 12.1 Å². The molecule has 1 saturated heterocycles. The van der Waals surface area contributed by atoms with Crippen LogP contribution >= 0.6 is 11.3 Å². The highest BCUT2D eigenvalue weighted by Gasteiger charge is 2.23. The van der Waals surface area contributed by atoms with Crippen LogP contribution in [0.4, 0.5) is 5.82 Å². The molecule has 0 saturated carbocycles. The van der Waals surface area contributed by atoms with Gasteiger partial charge < -0.3 is 14.5 Å². The van der Waals surface area contributed by atoms with Crippen molar-refractivity contribution in [3.63, 3.8) is 0 Å². The zero-order chi connectivity index (χ0) is 17.8. The van der Waals surface area contributed by atoms with E-state index in [-0.39, 0.29) is 5.91 Å². The Balaban J connectivity index is 1.47. The number of ether oxygens (including phenoxy) is 1. The first kappa shape index (κ1) is 17.2. The van der Waals surface area contributed by atoms with Crippen LogP contribution in [-0.4, -0.2) is 60.2 Å². The van der Waals surface area contributed by atoms with Gasteiger partial charge in [-0.15, -0.1) is 11.3 Å². The fourth-order valence-electron chi connectivity index (χ4n) is 3.42. The second-order valence-corrected chi connectivity index (χ2v) is 7.38. The fraction of sp³-hybridized carbons (Fsp3) is 0.421. The Morgan fingerprint density at radius 1 is 1.15 bits per heavy atom. The Bertz CT molecular complexity index is 785. The van der Waals surface area contributed by atoms with Gasteiger partial charge in [-0.05, 0) is 23.9 Å². The minimum Gasteiger partial charge on any atom is -0.378 e. The number of carbonyl (C=O) groups excluding carboxylic acids is 1. The molecule has 0 aliphatic carbocycles. The second kappa shape index (κ2) is 7.97. The van der Waals surface area contributed by atoms with Gasteiger partial charge in [-0.2, -0.15) is 0 Å². The van der Waals surface area contributed by atoms with Crippen molar-refractivity contribution in [3.8, 4) is 0 Å². The van der Waals surface area contributed by atoms with Crippen molar-refractivity contribution in [3.05, 3.63) is 46.1 Å². The van der Waals surface area contributed by atoms with Gasteiger partial charge in [-0.25, -0.2) is 9.97 Å². The standard InChI is InChI=1S/C19H22N4O2S/c24-18(4-3-15-2-1-13-26-15)22-7-5-16-17(6-8-22)20-14-21-19(16)23-9-11-25-12-10-23/h1-4,13-14H,5-12H2/b4-3+. The Morgan fingerprint density at radius 2 is 2.00 bits per heavy atom. The number of hydrogen-bond acceptors (Lipinski definition) is 6. The third-order valence-electron chi connectivity index (χ3n) is 4.82. The number of morpholine rings is 1. The van der Waals surface area contributed by atoms with Gasteiger partial charge >= 0.3 is 0 Å². The average molecular weight is 370 g/mol. The number of aromatic nitrogens is 2. The summed E-state index contributed by atoms with van der Waals surface area (Å²) in [6.07, 6.45) is 6.79. The van der Waals surface area contributed by atoms with Crippen LogP contribution in [0.1, 0.15) is 16.1 Å². The maximum absolute atomic E-state index is 12.6. The third kappa shape index (κ3) is 3.78. The summed E-state index contributed by atoms with van der Waals surface area (Å²) >= 11 is 1.63. The van der Waals surface area contributed by atoms with Crippen LogP contribution < -0.4 is 4.90 Å². The van der Waals surface area contributed by atoms with E-state index in [4.69, 9.17) is 4.74 Å². The average Bonchev–Trinajstić information content (AvgIpc) is 3.11. The molecule has 4 rings (SSSR count). The molecule has 2 aliphatic heterocycles. The van der Waals surface area contributed by atoms with Gasteiger partial charge in [0.05, 0.1) is 18.9 Å². The fourth-order valence-corrected chi connectivity index (χ4v) is 4.04. The highest BCUT2D eigenvalue weighted by molar-refractivity contribution is 7.10. The number of amides is 1. The topological polar surface area (TPSA) is 58.6 Å². The lowest BCUT2D eigenvalue weighted by molar-refractivity contribution is -0.125. The van der Waals surface area contributed by atoms with E-state index in [1.807, 2.05) is 28.5 Å². The second-order valence-electron chi connectivity index (χ2n) is 6.40. The van der Waals surface area contributed by atoms with E-state index >= 15 is 0 Å². The summed E-state index contributed by atoms with van der Waals surface area (Å²) in [6, 6.07) is 4.00. The molecule has 0 unspecified atom stereocenters. The minimum absolute atomic E-state index is 0.0621. The first-order valence-corrected chi connectivity index (χ1v) is 9.85. The van der Waals surface area contributed by atoms with E-state index in [2.05, 4.69) is 14.9 Å². The summed E-state index contributed by atoms with van der Waals surface area (Å²) in [5.41, 5.74) is 2.26. The number of hydrogen-bond donors (Lipinski definition) is 0. The first-order valence-electron chi connectivity index (χ1n) is 8.97. The molecule has 136 valence electrons. The number of fused-ring (bicyclic) bond motifs is 1. The van der Waals surface area contributed by atoms with Crippen LogP contribution in [0.25, 0.3) is 6.08 Å². The van der Waals surface area contributed by atoms with E-state index in [0.29, 0.717) is 13.1 Å². The lowest BCUT2D eigenvalue weighted by Crippen LogP contribution is -2.37. The molecule has 7 heteroatoms. The summed E-state index contributed by atoms with van der Waals surface area (Å²) in [5, 5.41) is 2.01. The number of carbonyl (C=O) groups is 1. The molecule has 0 atom stereocenters. The third-order valence-corrected chi connectivity index (χ3v) is 5.66. The van der Waals surface area contributed by atoms with Gasteiger partial charge in [0.15, 0.2) is 0 Å². The monoisotopic (exact) mass is 370 g/mol. The lowest BCUT2D eigenvalue weighted by Gasteiger charge is -2.29. The van der Waals surface area contributed by atoms with Crippen molar-refractivity contribution >= 4 is 29.1 Å². The van der Waals surface area contributed by atoms with Crippen molar-refractivity contribution in [1.82, 2.24) is 14.9 Å². The maximum atomic E-state index is 12.6. The maximum Gasteiger partial charge on any atom is 0.246 e. The molecule has 1 amide bonds. The Labute approximate surface area is 157 Å². The SMILES string of the molecule is O=C(/C=C/c1cccs1)N1CCc2ncnc(N3CCOCC3)c2CC1. The quantitative estimate of drug-likeness (QED) is 0.774. The Kier molecular flexibility index (Phi) is 5.26. The highest BCUT2D eigenvalue weighted by atomic mass is 32.1. The minimum atomic E-state index is 0.0621. The Hall–Kier alpha value is -2.25. The van der Waals surface area contributed by atoms with E-state index in [1.165, 1.54) is 5.56 Å². The number of thiophene rings is 1. The van der Waals surface area contributed by atoms with Gasteiger partial charge in [0.25, 0.3) is 0 Å². The summed E-state index contributed by atoms with van der Waals surface area (Å²) in [4.78, 5) is 26.9. The smallest absolute Gasteiger partial charge is 0.246 e. The molecule has 26 heavy (non-hydrogen) atoms. The molecule has 0 radical (unpaired) electrons. The van der Waals surface area contributed by atoms with Gasteiger partial charge in [-0.1, -0.05) is 6.07 Å². The molecule has 2 aromatic heterocycles. The molecule has 2 aliphatic rings. The van der Waals surface area contributed by atoms with E-state index in [1.54, 1.807) is 23.7 Å². The van der Waals surface area contributed by atoms with Crippen LogP contribution in [0.2, 0.25) is 0 Å². The number of anilines is 1. The molecule has 2 aromatic rings. The zero-order valence-corrected chi connectivity index (χ0v) is 15.5. The lowest BCUT2D eigenvalue weighted by atomic mass is 10.1. The molecular formula is C19H22N4O2S. The van der Waals surface area contributed by atoms with Crippen molar-refractivity contribution in [2.45, 2.75) is 12.8 Å². The first-order chi connectivity index (χ1) is 12.8. The number of nitrogens with zero attached hydrogens (tertiary/aromatic N) is 4. The van der Waals surface area contributed by atoms with Crippen LogP contribution in [0, 0.1) is 0 Å². The van der Waals surface area contributed by atoms with Crippen LogP contribution in [0.15, 0.2) is 29.9 Å². The van der Waals surface area contributed by atoms with E-state index in [9.17, 15) is 4.79 Å². The van der Waals surface area contributed by atoms with E-state index < -0.39 is 0 Å². The molecular weight excluding hydrogens is 348 g/mol. The van der Waals surface area contributed by atoms with Gasteiger partial charge in [-0.3, -0.25) is 4.79 Å². The van der Waals surface area contributed by atoms with Crippen molar-refractivity contribution in [2.24, 2.45) is 0 Å². The van der Waals surface area contributed by atoms with Crippen molar-refractivity contribution in [1.29, 1.82) is 0 Å². The molecule has 6 nitrogen and oxygen atoms in total. The van der Waals surface area contributed by atoms with Crippen molar-refractivity contribution in [2.75, 3.05) is 44.3 Å². The predicted octanol–water partition coefficient (Wildman–Crippen LogP) is 2.02. The van der Waals surface area contributed by atoms with Crippen LogP contribution in [-0.2, 0) is 22.4 Å². The van der Waals surface area contributed by atoms with Crippen LogP contribution in [0.3, 0.4) is 0 Å². The largest absolute Gasteiger partial charge is 0.378 e. The molecule has 0 spiro atoms. The molecule has 4 heterocycles. The van der Waals surface area contributed by atoms with Crippen LogP contribution in [0.5, 0.6) is 0 Å². The molecule has 0 N–H and O–H groups in total. The number of rotatable bonds is 3.